The van der Waals surface area contributed by atoms with Crippen LogP contribution < -0.4 is 0 Å². The molecule has 20 heavy (non-hydrogen) atoms. The predicted octanol–water partition coefficient (Wildman–Crippen LogP) is 5.08. The first-order valence-electron chi connectivity index (χ1n) is 7.66. The van der Waals surface area contributed by atoms with Crippen LogP contribution in [0.25, 0.3) is 5.57 Å². The summed E-state index contributed by atoms with van der Waals surface area (Å²) in [4.78, 5) is 10.8. The lowest BCUT2D eigenvalue weighted by atomic mass is 10.0. The lowest BCUT2D eigenvalue weighted by Gasteiger charge is -2.04. The first-order valence-corrected chi connectivity index (χ1v) is 7.66. The first kappa shape index (κ1) is 16.5. The maximum absolute atomic E-state index is 10.8. The Balaban J connectivity index is 2.25. The molecule has 0 heterocycles. The van der Waals surface area contributed by atoms with Crippen LogP contribution in [0.3, 0.4) is 0 Å². The fraction of sp³-hybridized carbons (Fsp3) is 0.500. The molecule has 0 spiro atoms. The summed E-state index contributed by atoms with van der Waals surface area (Å²) in [6.07, 6.45) is 10.3. The number of unbranched alkanes of at least 4 members (excludes halogenated alkanes) is 6. The fourth-order valence-electron chi connectivity index (χ4n) is 2.28. The van der Waals surface area contributed by atoms with E-state index in [1.54, 1.807) is 0 Å². The van der Waals surface area contributed by atoms with Crippen LogP contribution >= 0.6 is 0 Å². The summed E-state index contributed by atoms with van der Waals surface area (Å²) in [5.74, 6) is -0.954. The molecule has 0 bridgehead atoms. The van der Waals surface area contributed by atoms with Crippen molar-refractivity contribution in [3.63, 3.8) is 0 Å². The van der Waals surface area contributed by atoms with Gasteiger partial charge in [0.25, 0.3) is 0 Å². The summed E-state index contributed by atoms with van der Waals surface area (Å²) in [6.45, 7) is 5.80. The summed E-state index contributed by atoms with van der Waals surface area (Å²) in [5, 5.41) is 8.87. The Kier molecular flexibility index (Phi) is 7.71. The summed E-state index contributed by atoms with van der Waals surface area (Å²) in [6, 6.07) is 7.74. The van der Waals surface area contributed by atoms with Gasteiger partial charge in [-0.25, -0.2) is 4.79 Å². The quantitative estimate of drug-likeness (QED) is 0.477. The molecule has 0 fully saturated rings. The Labute approximate surface area is 122 Å². The Morgan fingerprint density at radius 3 is 2.10 bits per heavy atom. The minimum Gasteiger partial charge on any atom is -0.478 e. The van der Waals surface area contributed by atoms with Gasteiger partial charge in [-0.05, 0) is 24.0 Å². The van der Waals surface area contributed by atoms with Crippen molar-refractivity contribution >= 4 is 11.5 Å². The second kappa shape index (κ2) is 9.35. The Morgan fingerprint density at radius 1 is 1.00 bits per heavy atom. The van der Waals surface area contributed by atoms with Crippen LogP contribution in [-0.2, 0) is 11.2 Å². The normalized spacial score (nSPS) is 10.4. The van der Waals surface area contributed by atoms with Gasteiger partial charge in [-0.2, -0.15) is 0 Å². The number of carbonyl (C=O) groups is 1. The maximum atomic E-state index is 10.8. The van der Waals surface area contributed by atoms with Crippen LogP contribution in [-0.4, -0.2) is 11.1 Å². The number of hydrogen-bond acceptors (Lipinski definition) is 1. The Morgan fingerprint density at radius 2 is 1.55 bits per heavy atom. The van der Waals surface area contributed by atoms with E-state index in [0.717, 1.165) is 6.42 Å². The van der Waals surface area contributed by atoms with Gasteiger partial charge in [0.05, 0.1) is 5.57 Å². The molecule has 1 aromatic carbocycles. The van der Waals surface area contributed by atoms with Crippen molar-refractivity contribution in [2.45, 2.75) is 58.3 Å². The van der Waals surface area contributed by atoms with E-state index in [9.17, 15) is 4.79 Å². The standard InChI is InChI=1S/C18H26O2/c1-3-4-5-6-7-8-9-10-16-11-13-17(14-12-16)15(2)18(19)20/h11-14H,2-10H2,1H3,(H,19,20). The van der Waals surface area contributed by atoms with Gasteiger partial charge >= 0.3 is 5.97 Å². The molecule has 1 N–H and O–H groups in total. The molecule has 0 saturated heterocycles. The number of carboxylic acid groups (broad SMARTS) is 1. The van der Waals surface area contributed by atoms with Crippen molar-refractivity contribution in [2.75, 3.05) is 0 Å². The number of carboxylic acids is 1. The number of aliphatic carboxylic acids is 1. The molecule has 0 saturated carbocycles. The molecule has 110 valence electrons. The summed E-state index contributed by atoms with van der Waals surface area (Å²) in [7, 11) is 0. The van der Waals surface area contributed by atoms with Gasteiger partial charge in [-0.3, -0.25) is 0 Å². The van der Waals surface area contributed by atoms with E-state index < -0.39 is 5.97 Å². The molecule has 0 aromatic heterocycles. The molecule has 0 unspecified atom stereocenters. The Bertz CT molecular complexity index is 418. The topological polar surface area (TPSA) is 37.3 Å². The lowest BCUT2D eigenvalue weighted by Crippen LogP contribution is -1.98. The maximum Gasteiger partial charge on any atom is 0.335 e. The zero-order valence-corrected chi connectivity index (χ0v) is 12.5. The largest absolute Gasteiger partial charge is 0.478 e. The first-order chi connectivity index (χ1) is 9.65. The van der Waals surface area contributed by atoms with Gasteiger partial charge in [-0.1, -0.05) is 76.3 Å². The molecule has 0 aliphatic rings. The van der Waals surface area contributed by atoms with Gasteiger partial charge < -0.3 is 5.11 Å². The highest BCUT2D eigenvalue weighted by atomic mass is 16.4. The van der Waals surface area contributed by atoms with E-state index in [1.165, 1.54) is 50.5 Å². The second-order valence-electron chi connectivity index (χ2n) is 5.35. The van der Waals surface area contributed by atoms with Crippen LogP contribution in [0.4, 0.5) is 0 Å². The third-order valence-corrected chi connectivity index (χ3v) is 3.63. The van der Waals surface area contributed by atoms with Crippen LogP contribution in [0.15, 0.2) is 30.8 Å². The molecule has 2 heteroatoms. The molecule has 0 aliphatic carbocycles. The van der Waals surface area contributed by atoms with Crippen LogP contribution in [0.2, 0.25) is 0 Å². The van der Waals surface area contributed by atoms with Crippen molar-refractivity contribution in [2.24, 2.45) is 0 Å². The molecule has 0 radical (unpaired) electrons. The highest BCUT2D eigenvalue weighted by Crippen LogP contribution is 2.15. The van der Waals surface area contributed by atoms with Crippen molar-refractivity contribution in [3.05, 3.63) is 42.0 Å². The van der Waals surface area contributed by atoms with Crippen molar-refractivity contribution in [1.29, 1.82) is 0 Å². The van der Waals surface area contributed by atoms with Gasteiger partial charge in [-0.15, -0.1) is 0 Å². The van der Waals surface area contributed by atoms with Gasteiger partial charge in [0, 0.05) is 0 Å². The van der Waals surface area contributed by atoms with E-state index in [-0.39, 0.29) is 5.57 Å². The lowest BCUT2D eigenvalue weighted by molar-refractivity contribution is -0.130. The van der Waals surface area contributed by atoms with Crippen LogP contribution in [0.1, 0.15) is 63.0 Å². The van der Waals surface area contributed by atoms with E-state index >= 15 is 0 Å². The fourth-order valence-corrected chi connectivity index (χ4v) is 2.28. The highest BCUT2D eigenvalue weighted by Gasteiger charge is 2.06. The second-order valence-corrected chi connectivity index (χ2v) is 5.35. The zero-order valence-electron chi connectivity index (χ0n) is 12.5. The van der Waals surface area contributed by atoms with E-state index in [1.807, 2.05) is 24.3 Å². The molecule has 0 aliphatic heterocycles. The van der Waals surface area contributed by atoms with E-state index in [4.69, 9.17) is 5.11 Å². The predicted molar refractivity (Wildman–Crippen MR) is 84.8 cm³/mol. The van der Waals surface area contributed by atoms with E-state index in [0.29, 0.717) is 5.56 Å². The van der Waals surface area contributed by atoms with Gasteiger partial charge in [0.1, 0.15) is 0 Å². The third kappa shape index (κ3) is 6.05. The third-order valence-electron chi connectivity index (χ3n) is 3.63. The number of hydrogen-bond donors (Lipinski definition) is 1. The summed E-state index contributed by atoms with van der Waals surface area (Å²) < 4.78 is 0. The number of rotatable bonds is 10. The highest BCUT2D eigenvalue weighted by molar-refractivity contribution is 6.14. The van der Waals surface area contributed by atoms with Crippen LogP contribution in [0.5, 0.6) is 0 Å². The number of aryl methyl sites for hydroxylation is 1. The molecule has 0 amide bonds. The number of benzene rings is 1. The molecular formula is C18H26O2. The van der Waals surface area contributed by atoms with Crippen molar-refractivity contribution < 1.29 is 9.90 Å². The van der Waals surface area contributed by atoms with Crippen LogP contribution in [0, 0.1) is 0 Å². The SMILES string of the molecule is C=C(C(=O)O)c1ccc(CCCCCCCCC)cc1. The molecule has 0 atom stereocenters. The minimum atomic E-state index is -0.954. The zero-order chi connectivity index (χ0) is 14.8. The van der Waals surface area contributed by atoms with Crippen molar-refractivity contribution in [3.8, 4) is 0 Å². The molecule has 2 nitrogen and oxygen atoms in total. The van der Waals surface area contributed by atoms with Gasteiger partial charge in [0.2, 0.25) is 0 Å². The minimum absolute atomic E-state index is 0.160. The molecular weight excluding hydrogens is 248 g/mol. The summed E-state index contributed by atoms with van der Waals surface area (Å²) >= 11 is 0. The van der Waals surface area contributed by atoms with Crippen molar-refractivity contribution in [1.82, 2.24) is 0 Å². The average Bonchev–Trinajstić information content (AvgIpc) is 2.46. The van der Waals surface area contributed by atoms with E-state index in [2.05, 4.69) is 13.5 Å². The molecule has 1 aromatic rings. The molecule has 1 rings (SSSR count). The smallest absolute Gasteiger partial charge is 0.335 e. The van der Waals surface area contributed by atoms with Gasteiger partial charge in [0.15, 0.2) is 0 Å². The Hall–Kier alpha value is -1.57. The monoisotopic (exact) mass is 274 g/mol. The summed E-state index contributed by atoms with van der Waals surface area (Å²) in [5.41, 5.74) is 2.13. The average molecular weight is 274 g/mol.